The fraction of sp³-hybridized carbons (Fsp3) is 0.407. The lowest BCUT2D eigenvalue weighted by atomic mass is 9.97. The Balaban J connectivity index is 1.39. The number of fused-ring (bicyclic) bond motifs is 1. The van der Waals surface area contributed by atoms with Crippen molar-refractivity contribution in [2.75, 3.05) is 0 Å². The van der Waals surface area contributed by atoms with Crippen LogP contribution in [0.4, 0.5) is 0 Å². The number of carbonyl (C=O) groups is 2. The number of carbonyl (C=O) groups excluding carboxylic acids is 2. The molecule has 0 saturated heterocycles. The molecule has 0 aromatic heterocycles. The highest BCUT2D eigenvalue weighted by Gasteiger charge is 2.28. The largest absolute Gasteiger partial charge is 0.349 e. The Morgan fingerprint density at radius 2 is 1.62 bits per heavy atom. The molecule has 0 radical (unpaired) electrons. The standard InChI is InChI=1S/C27H33N3O2/c28-26(21-10-4-5-11-21)27(32)29-24(15-14-20-8-2-1-3-9-20)16-17-25(31)30-18-22-12-6-7-13-23(22)19-30/h1-3,6-9,12-13,16-17,21,24,26H,4-5,10-11,14-15,18-19,28H2,(H,29,32). The average Bonchev–Trinajstić information content (AvgIpc) is 3.51. The average molecular weight is 432 g/mol. The van der Waals surface area contributed by atoms with Crippen LogP contribution in [-0.4, -0.2) is 28.8 Å². The number of benzene rings is 2. The molecule has 0 bridgehead atoms. The molecular weight excluding hydrogens is 398 g/mol. The van der Waals surface area contributed by atoms with Crippen molar-refractivity contribution in [2.24, 2.45) is 11.7 Å². The number of nitrogens with one attached hydrogen (secondary N) is 1. The maximum absolute atomic E-state index is 12.8. The minimum absolute atomic E-state index is 0.0275. The van der Waals surface area contributed by atoms with E-state index >= 15 is 0 Å². The molecule has 1 heterocycles. The number of amides is 2. The van der Waals surface area contributed by atoms with E-state index in [2.05, 4.69) is 29.6 Å². The number of hydrogen-bond acceptors (Lipinski definition) is 3. The second-order valence-corrected chi connectivity index (χ2v) is 9.03. The highest BCUT2D eigenvalue weighted by Crippen LogP contribution is 2.27. The predicted molar refractivity (Wildman–Crippen MR) is 126 cm³/mol. The van der Waals surface area contributed by atoms with Crippen LogP contribution in [-0.2, 0) is 29.1 Å². The van der Waals surface area contributed by atoms with Gasteiger partial charge in [0.15, 0.2) is 0 Å². The number of nitrogens with two attached hydrogens (primary N) is 1. The molecule has 1 aliphatic heterocycles. The molecule has 1 aliphatic carbocycles. The lowest BCUT2D eigenvalue weighted by molar-refractivity contribution is -0.127. The van der Waals surface area contributed by atoms with Crippen LogP contribution in [0.1, 0.15) is 48.8 Å². The molecule has 5 nitrogen and oxygen atoms in total. The summed E-state index contributed by atoms with van der Waals surface area (Å²) in [7, 11) is 0. The Hall–Kier alpha value is -2.92. The van der Waals surface area contributed by atoms with Gasteiger partial charge in [-0.1, -0.05) is 73.5 Å². The molecule has 2 amide bonds. The molecule has 1 fully saturated rings. The first-order valence-corrected chi connectivity index (χ1v) is 11.7. The van der Waals surface area contributed by atoms with E-state index in [1.807, 2.05) is 41.3 Å². The zero-order valence-electron chi connectivity index (χ0n) is 18.6. The normalized spacial score (nSPS) is 18.0. The predicted octanol–water partition coefficient (Wildman–Crippen LogP) is 3.72. The van der Waals surface area contributed by atoms with Crippen LogP contribution in [0.5, 0.6) is 0 Å². The van der Waals surface area contributed by atoms with Crippen molar-refractivity contribution in [2.45, 2.75) is 63.7 Å². The van der Waals surface area contributed by atoms with Crippen molar-refractivity contribution >= 4 is 11.8 Å². The molecule has 32 heavy (non-hydrogen) atoms. The number of hydrogen-bond donors (Lipinski definition) is 2. The first kappa shape index (κ1) is 22.3. The van der Waals surface area contributed by atoms with Crippen molar-refractivity contribution in [3.05, 3.63) is 83.4 Å². The summed E-state index contributed by atoms with van der Waals surface area (Å²) >= 11 is 0. The molecule has 2 aromatic carbocycles. The van der Waals surface area contributed by atoms with Crippen molar-refractivity contribution in [3.8, 4) is 0 Å². The van der Waals surface area contributed by atoms with Crippen molar-refractivity contribution in [1.29, 1.82) is 0 Å². The first-order valence-electron chi connectivity index (χ1n) is 11.7. The molecule has 5 heteroatoms. The topological polar surface area (TPSA) is 75.4 Å². The van der Waals surface area contributed by atoms with Crippen LogP contribution >= 0.6 is 0 Å². The summed E-state index contributed by atoms with van der Waals surface area (Å²) in [5.41, 5.74) is 9.88. The molecular formula is C27H33N3O2. The van der Waals surface area contributed by atoms with Crippen LogP contribution in [0, 0.1) is 5.92 Å². The van der Waals surface area contributed by atoms with Crippen molar-refractivity contribution < 1.29 is 9.59 Å². The van der Waals surface area contributed by atoms with Crippen molar-refractivity contribution in [3.63, 3.8) is 0 Å². The highest BCUT2D eigenvalue weighted by atomic mass is 16.2. The van der Waals surface area contributed by atoms with Gasteiger partial charge in [-0.15, -0.1) is 0 Å². The van der Waals surface area contributed by atoms with Gasteiger partial charge in [0.1, 0.15) is 0 Å². The minimum atomic E-state index is -0.478. The van der Waals surface area contributed by atoms with Crippen LogP contribution in [0.2, 0.25) is 0 Å². The summed E-state index contributed by atoms with van der Waals surface area (Å²) in [4.78, 5) is 27.5. The Bertz CT molecular complexity index is 925. The monoisotopic (exact) mass is 431 g/mol. The second kappa shape index (κ2) is 10.6. The van der Waals surface area contributed by atoms with E-state index in [4.69, 9.17) is 5.73 Å². The van der Waals surface area contributed by atoms with Crippen LogP contribution in [0.3, 0.4) is 0 Å². The Morgan fingerprint density at radius 1 is 1.00 bits per heavy atom. The second-order valence-electron chi connectivity index (χ2n) is 9.03. The van der Waals surface area contributed by atoms with Gasteiger partial charge in [-0.3, -0.25) is 9.59 Å². The fourth-order valence-electron chi connectivity index (χ4n) is 4.79. The van der Waals surface area contributed by atoms with Crippen LogP contribution in [0.25, 0.3) is 0 Å². The zero-order chi connectivity index (χ0) is 22.3. The molecule has 168 valence electrons. The lowest BCUT2D eigenvalue weighted by Crippen LogP contribution is -2.48. The van der Waals surface area contributed by atoms with E-state index < -0.39 is 6.04 Å². The van der Waals surface area contributed by atoms with E-state index in [1.54, 1.807) is 6.08 Å². The molecule has 3 N–H and O–H groups in total. The third-order valence-electron chi connectivity index (χ3n) is 6.75. The molecule has 0 spiro atoms. The van der Waals surface area contributed by atoms with Gasteiger partial charge >= 0.3 is 0 Å². The Morgan fingerprint density at radius 3 is 2.28 bits per heavy atom. The SMILES string of the molecule is NC(C(=O)NC(C=CC(=O)N1Cc2ccccc2C1)CCc1ccccc1)C1CCCC1. The first-order chi connectivity index (χ1) is 15.6. The number of nitrogens with zero attached hydrogens (tertiary/aromatic N) is 1. The summed E-state index contributed by atoms with van der Waals surface area (Å²) in [6.45, 7) is 1.26. The van der Waals surface area contributed by atoms with Gasteiger partial charge in [0.2, 0.25) is 11.8 Å². The summed E-state index contributed by atoms with van der Waals surface area (Å²) in [5.74, 6) is 0.124. The lowest BCUT2D eigenvalue weighted by Gasteiger charge is -2.22. The van der Waals surface area contributed by atoms with Gasteiger partial charge in [-0.05, 0) is 48.3 Å². The van der Waals surface area contributed by atoms with E-state index in [0.29, 0.717) is 13.1 Å². The van der Waals surface area contributed by atoms with Crippen LogP contribution < -0.4 is 11.1 Å². The third-order valence-corrected chi connectivity index (χ3v) is 6.75. The minimum Gasteiger partial charge on any atom is -0.349 e. The smallest absolute Gasteiger partial charge is 0.246 e. The van der Waals surface area contributed by atoms with E-state index in [-0.39, 0.29) is 23.8 Å². The summed E-state index contributed by atoms with van der Waals surface area (Å²) < 4.78 is 0. The number of rotatable bonds is 8. The fourth-order valence-corrected chi connectivity index (χ4v) is 4.79. The van der Waals surface area contributed by atoms with Gasteiger partial charge in [0.05, 0.1) is 6.04 Å². The summed E-state index contributed by atoms with van der Waals surface area (Å²) in [6, 6.07) is 17.6. The van der Waals surface area contributed by atoms with E-state index in [9.17, 15) is 9.59 Å². The third kappa shape index (κ3) is 5.65. The van der Waals surface area contributed by atoms with Crippen molar-refractivity contribution in [1.82, 2.24) is 10.2 Å². The Labute approximate surface area is 190 Å². The maximum Gasteiger partial charge on any atom is 0.246 e. The summed E-state index contributed by atoms with van der Waals surface area (Å²) in [6.07, 6.45) is 9.33. The summed E-state index contributed by atoms with van der Waals surface area (Å²) in [5, 5.41) is 3.11. The van der Waals surface area contributed by atoms with Gasteiger partial charge in [0, 0.05) is 25.2 Å². The molecule has 2 aliphatic rings. The van der Waals surface area contributed by atoms with E-state index in [1.165, 1.54) is 16.7 Å². The quantitative estimate of drug-likeness (QED) is 0.626. The van der Waals surface area contributed by atoms with Gasteiger partial charge in [-0.25, -0.2) is 0 Å². The van der Waals surface area contributed by atoms with Gasteiger partial charge in [0.25, 0.3) is 0 Å². The van der Waals surface area contributed by atoms with Gasteiger partial charge in [-0.2, -0.15) is 0 Å². The molecule has 2 unspecified atom stereocenters. The maximum atomic E-state index is 12.8. The number of aryl methyl sites for hydroxylation is 1. The highest BCUT2D eigenvalue weighted by molar-refractivity contribution is 5.88. The van der Waals surface area contributed by atoms with Gasteiger partial charge < -0.3 is 16.0 Å². The Kier molecular flexibility index (Phi) is 7.38. The molecule has 4 rings (SSSR count). The molecule has 1 saturated carbocycles. The molecule has 2 atom stereocenters. The van der Waals surface area contributed by atoms with Crippen LogP contribution in [0.15, 0.2) is 66.7 Å². The zero-order valence-corrected chi connectivity index (χ0v) is 18.6. The van der Waals surface area contributed by atoms with E-state index in [0.717, 1.165) is 38.5 Å². The molecule has 2 aromatic rings.